The Hall–Kier alpha value is -2.27. The number of amidine groups is 1. The van der Waals surface area contributed by atoms with E-state index in [4.69, 9.17) is 22.5 Å². The summed E-state index contributed by atoms with van der Waals surface area (Å²) in [4.78, 5) is 1.90. The molecule has 0 unspecified atom stereocenters. The molecule has 0 aliphatic rings. The van der Waals surface area contributed by atoms with Gasteiger partial charge in [0.2, 0.25) is 0 Å². The molecule has 2 aromatic rings. The zero-order valence-electron chi connectivity index (χ0n) is 11.4. The van der Waals surface area contributed by atoms with Crippen molar-refractivity contribution in [1.29, 1.82) is 0 Å². The summed E-state index contributed by atoms with van der Waals surface area (Å²) in [6.45, 7) is 0.534. The molecule has 0 bridgehead atoms. The molecule has 3 N–H and O–H groups in total. The summed E-state index contributed by atoms with van der Waals surface area (Å²) < 4.78 is 12.9. The third kappa shape index (κ3) is 3.64. The molecule has 21 heavy (non-hydrogen) atoms. The Labute approximate surface area is 127 Å². The lowest BCUT2D eigenvalue weighted by Gasteiger charge is -2.22. The number of anilines is 1. The number of oxime groups is 1. The predicted molar refractivity (Wildman–Crippen MR) is 82.5 cm³/mol. The highest BCUT2D eigenvalue weighted by molar-refractivity contribution is 6.31. The number of halogens is 2. The van der Waals surface area contributed by atoms with Gasteiger partial charge in [0, 0.05) is 29.9 Å². The van der Waals surface area contributed by atoms with Crippen LogP contribution in [-0.4, -0.2) is 18.1 Å². The van der Waals surface area contributed by atoms with Crippen molar-refractivity contribution in [3.63, 3.8) is 0 Å². The molecule has 0 atom stereocenters. The zero-order chi connectivity index (χ0) is 15.4. The number of nitrogens with two attached hydrogens (primary N) is 1. The summed E-state index contributed by atoms with van der Waals surface area (Å²) >= 11 is 6.01. The van der Waals surface area contributed by atoms with Crippen molar-refractivity contribution in [3.8, 4) is 0 Å². The van der Waals surface area contributed by atoms with Gasteiger partial charge in [0.15, 0.2) is 5.84 Å². The summed E-state index contributed by atoms with van der Waals surface area (Å²) in [6, 6.07) is 11.3. The summed E-state index contributed by atoms with van der Waals surface area (Å²) in [5.41, 5.74) is 7.91. The maximum Gasteiger partial charge on any atom is 0.172 e. The fourth-order valence-electron chi connectivity index (χ4n) is 2.04. The van der Waals surface area contributed by atoms with E-state index in [0.29, 0.717) is 17.1 Å². The zero-order valence-corrected chi connectivity index (χ0v) is 12.2. The Bertz CT molecular complexity index is 658. The Kier molecular flexibility index (Phi) is 4.65. The van der Waals surface area contributed by atoms with E-state index in [9.17, 15) is 4.39 Å². The van der Waals surface area contributed by atoms with Gasteiger partial charge in [0.25, 0.3) is 0 Å². The molecule has 4 nitrogen and oxygen atoms in total. The van der Waals surface area contributed by atoms with Crippen molar-refractivity contribution in [2.24, 2.45) is 10.9 Å². The molecular weight excluding hydrogens is 293 g/mol. The van der Waals surface area contributed by atoms with Crippen molar-refractivity contribution in [2.75, 3.05) is 11.9 Å². The van der Waals surface area contributed by atoms with Crippen LogP contribution in [0.3, 0.4) is 0 Å². The van der Waals surface area contributed by atoms with E-state index >= 15 is 0 Å². The smallest absolute Gasteiger partial charge is 0.172 e. The van der Waals surface area contributed by atoms with Crippen LogP contribution in [0, 0.1) is 5.82 Å². The molecule has 0 aromatic heterocycles. The van der Waals surface area contributed by atoms with Crippen molar-refractivity contribution in [2.45, 2.75) is 6.54 Å². The SMILES string of the molecule is CN(Cc1ccc(F)cc1)c1cc(Cl)ccc1C(N)=NO. The summed E-state index contributed by atoms with van der Waals surface area (Å²) in [6.07, 6.45) is 0. The molecule has 0 fully saturated rings. The number of hydrogen-bond acceptors (Lipinski definition) is 3. The van der Waals surface area contributed by atoms with E-state index in [1.54, 1.807) is 30.3 Å². The van der Waals surface area contributed by atoms with Crippen molar-refractivity contribution < 1.29 is 9.60 Å². The van der Waals surface area contributed by atoms with Gasteiger partial charge in [0.1, 0.15) is 5.82 Å². The predicted octanol–water partition coefficient (Wildman–Crippen LogP) is 3.21. The monoisotopic (exact) mass is 307 g/mol. The van der Waals surface area contributed by atoms with Crippen molar-refractivity contribution in [3.05, 3.63) is 64.4 Å². The van der Waals surface area contributed by atoms with Crippen LogP contribution in [-0.2, 0) is 6.54 Å². The molecule has 0 saturated heterocycles. The van der Waals surface area contributed by atoms with E-state index in [2.05, 4.69) is 5.16 Å². The molecule has 0 amide bonds. The van der Waals surface area contributed by atoms with E-state index in [1.165, 1.54) is 12.1 Å². The van der Waals surface area contributed by atoms with Crippen LogP contribution in [0.15, 0.2) is 47.6 Å². The van der Waals surface area contributed by atoms with Gasteiger partial charge < -0.3 is 15.8 Å². The lowest BCUT2D eigenvalue weighted by Crippen LogP contribution is -2.22. The van der Waals surface area contributed by atoms with E-state index in [1.807, 2.05) is 11.9 Å². The number of nitrogens with zero attached hydrogens (tertiary/aromatic N) is 2. The average Bonchev–Trinajstić information content (AvgIpc) is 2.48. The highest BCUT2D eigenvalue weighted by Gasteiger charge is 2.12. The lowest BCUT2D eigenvalue weighted by atomic mass is 10.1. The number of benzene rings is 2. The first-order valence-corrected chi connectivity index (χ1v) is 6.62. The Morgan fingerprint density at radius 2 is 1.95 bits per heavy atom. The first-order chi connectivity index (χ1) is 10.0. The van der Waals surface area contributed by atoms with Crippen LogP contribution < -0.4 is 10.6 Å². The van der Waals surface area contributed by atoms with Gasteiger partial charge >= 0.3 is 0 Å². The molecule has 0 spiro atoms. The average molecular weight is 308 g/mol. The van der Waals surface area contributed by atoms with E-state index in [-0.39, 0.29) is 11.7 Å². The molecular formula is C15H15ClFN3O. The quantitative estimate of drug-likeness (QED) is 0.394. The molecule has 2 rings (SSSR count). The van der Waals surface area contributed by atoms with Crippen LogP contribution >= 0.6 is 11.6 Å². The second-order valence-electron chi connectivity index (χ2n) is 4.63. The van der Waals surface area contributed by atoms with Crippen LogP contribution in [0.5, 0.6) is 0 Å². The highest BCUT2D eigenvalue weighted by Crippen LogP contribution is 2.25. The highest BCUT2D eigenvalue weighted by atomic mass is 35.5. The third-order valence-corrected chi connectivity index (χ3v) is 3.32. The second-order valence-corrected chi connectivity index (χ2v) is 5.07. The Balaban J connectivity index is 2.31. The molecule has 0 aliphatic heterocycles. The minimum atomic E-state index is -0.276. The second kappa shape index (κ2) is 6.45. The minimum absolute atomic E-state index is 0.00706. The van der Waals surface area contributed by atoms with E-state index in [0.717, 1.165) is 11.3 Å². The summed E-state index contributed by atoms with van der Waals surface area (Å²) in [7, 11) is 1.85. The van der Waals surface area contributed by atoms with Gasteiger partial charge in [-0.15, -0.1) is 0 Å². The van der Waals surface area contributed by atoms with Gasteiger partial charge in [-0.25, -0.2) is 4.39 Å². The standard InChI is InChI=1S/C15H15ClFN3O/c1-20(9-10-2-5-12(17)6-3-10)14-8-11(16)4-7-13(14)15(18)19-21/h2-8,21H,9H2,1H3,(H2,18,19). The summed E-state index contributed by atoms with van der Waals surface area (Å²) in [5, 5.41) is 12.4. The summed E-state index contributed by atoms with van der Waals surface area (Å²) in [5.74, 6) is -0.269. The van der Waals surface area contributed by atoms with Crippen molar-refractivity contribution >= 4 is 23.1 Å². The topological polar surface area (TPSA) is 61.8 Å². The largest absolute Gasteiger partial charge is 0.409 e. The number of hydrogen-bond donors (Lipinski definition) is 2. The molecule has 0 radical (unpaired) electrons. The van der Waals surface area contributed by atoms with Gasteiger partial charge in [-0.1, -0.05) is 28.9 Å². The lowest BCUT2D eigenvalue weighted by molar-refractivity contribution is 0.318. The van der Waals surface area contributed by atoms with Crippen LogP contribution in [0.4, 0.5) is 10.1 Å². The van der Waals surface area contributed by atoms with Gasteiger partial charge in [-0.2, -0.15) is 0 Å². The first kappa shape index (κ1) is 15.1. The van der Waals surface area contributed by atoms with Crippen LogP contribution in [0.2, 0.25) is 5.02 Å². The third-order valence-electron chi connectivity index (χ3n) is 3.09. The van der Waals surface area contributed by atoms with Crippen molar-refractivity contribution in [1.82, 2.24) is 0 Å². The van der Waals surface area contributed by atoms with Gasteiger partial charge in [-0.05, 0) is 35.9 Å². The molecule has 110 valence electrons. The van der Waals surface area contributed by atoms with Gasteiger partial charge in [0.05, 0.1) is 0 Å². The fraction of sp³-hybridized carbons (Fsp3) is 0.133. The number of rotatable bonds is 4. The Morgan fingerprint density at radius 1 is 1.29 bits per heavy atom. The normalized spacial score (nSPS) is 11.5. The van der Waals surface area contributed by atoms with Crippen LogP contribution in [0.1, 0.15) is 11.1 Å². The molecule has 0 heterocycles. The van der Waals surface area contributed by atoms with Gasteiger partial charge in [-0.3, -0.25) is 0 Å². The molecule has 6 heteroatoms. The maximum atomic E-state index is 12.9. The molecule has 0 aliphatic carbocycles. The fourth-order valence-corrected chi connectivity index (χ4v) is 2.21. The van der Waals surface area contributed by atoms with Crippen LogP contribution in [0.25, 0.3) is 0 Å². The maximum absolute atomic E-state index is 12.9. The van der Waals surface area contributed by atoms with E-state index < -0.39 is 0 Å². The first-order valence-electron chi connectivity index (χ1n) is 6.24. The molecule has 2 aromatic carbocycles. The Morgan fingerprint density at radius 3 is 2.57 bits per heavy atom. The molecule has 0 saturated carbocycles. The minimum Gasteiger partial charge on any atom is -0.409 e.